The molecule has 0 heterocycles. The van der Waals surface area contributed by atoms with Crippen molar-refractivity contribution < 1.29 is 14.7 Å². The van der Waals surface area contributed by atoms with Crippen LogP contribution in [0.2, 0.25) is 0 Å². The highest BCUT2D eigenvalue weighted by molar-refractivity contribution is 14.1. The number of aromatic carboxylic acids is 1. The maximum Gasteiger partial charge on any atom is 0.335 e. The number of nitrogens with zero attached hydrogens (tertiary/aromatic N) is 1. The molecule has 0 radical (unpaired) electrons. The molecule has 74 valence electrons. The molecular weight excluding hydrogens is 297 g/mol. The maximum absolute atomic E-state index is 10.6. The molecule has 0 saturated carbocycles. The summed E-state index contributed by atoms with van der Waals surface area (Å²) in [5.41, 5.74) is 0.910. The Morgan fingerprint density at radius 3 is 2.36 bits per heavy atom. The largest absolute Gasteiger partial charge is 0.478 e. The van der Waals surface area contributed by atoms with Gasteiger partial charge in [0.25, 0.3) is 0 Å². The second kappa shape index (κ2) is 4.94. The van der Waals surface area contributed by atoms with E-state index in [0.717, 1.165) is 0 Å². The van der Waals surface area contributed by atoms with E-state index in [2.05, 4.69) is 22.6 Å². The van der Waals surface area contributed by atoms with Crippen molar-refractivity contribution in [2.75, 3.05) is 9.45 Å². The number of carbonyl (C=O) groups is 2. The Kier molecular flexibility index (Phi) is 3.87. The highest BCUT2D eigenvalue weighted by Crippen LogP contribution is 2.14. The number of rotatable bonds is 4. The van der Waals surface area contributed by atoms with Crippen LogP contribution in [-0.4, -0.2) is 22.0 Å². The predicted molar refractivity (Wildman–Crippen MR) is 60.8 cm³/mol. The van der Waals surface area contributed by atoms with Crippen LogP contribution in [0.1, 0.15) is 10.4 Å². The molecular formula is C9H8INO3. The van der Waals surface area contributed by atoms with Gasteiger partial charge < -0.3 is 10.0 Å². The number of carbonyl (C=O) groups excluding carboxylic acids is 1. The minimum Gasteiger partial charge on any atom is -0.478 e. The minimum atomic E-state index is -0.969. The molecule has 0 aliphatic rings. The van der Waals surface area contributed by atoms with Crippen molar-refractivity contribution >= 4 is 40.7 Å². The molecule has 0 bridgehead atoms. The summed E-state index contributed by atoms with van der Waals surface area (Å²) in [6, 6.07) is 6.16. The summed E-state index contributed by atoms with van der Waals surface area (Å²) >= 11 is 2.05. The normalized spacial score (nSPS) is 9.50. The Morgan fingerprint density at radius 2 is 2.00 bits per heavy atom. The van der Waals surface area contributed by atoms with Gasteiger partial charge in [0, 0.05) is 5.69 Å². The summed E-state index contributed by atoms with van der Waals surface area (Å²) in [5, 5.41) is 8.64. The predicted octanol–water partition coefficient (Wildman–Crippen LogP) is 1.74. The van der Waals surface area contributed by atoms with Crippen molar-refractivity contribution in [3.8, 4) is 0 Å². The first-order chi connectivity index (χ1) is 6.69. The molecule has 5 heteroatoms. The van der Waals surface area contributed by atoms with Gasteiger partial charge in [0.2, 0.25) is 6.41 Å². The lowest BCUT2D eigenvalue weighted by atomic mass is 10.2. The number of alkyl halides is 1. The quantitative estimate of drug-likeness (QED) is 0.399. The van der Waals surface area contributed by atoms with Crippen LogP contribution in [0.3, 0.4) is 0 Å². The van der Waals surface area contributed by atoms with Crippen molar-refractivity contribution in [3.63, 3.8) is 0 Å². The van der Waals surface area contributed by atoms with E-state index in [1.165, 1.54) is 17.0 Å². The fraction of sp³-hybridized carbons (Fsp3) is 0.111. The van der Waals surface area contributed by atoms with E-state index in [4.69, 9.17) is 5.11 Å². The van der Waals surface area contributed by atoms with Crippen molar-refractivity contribution in [2.45, 2.75) is 0 Å². The first-order valence-electron chi connectivity index (χ1n) is 3.80. The standard InChI is InChI=1S/C9H8INO3/c10-5-11(6-12)8-3-1-7(2-4-8)9(13)14/h1-4,6H,5H2,(H,13,14). The Bertz CT molecular complexity index is 336. The highest BCUT2D eigenvalue weighted by atomic mass is 127. The molecule has 0 aliphatic carbocycles. The third-order valence-corrected chi connectivity index (χ3v) is 2.44. The summed E-state index contributed by atoms with van der Waals surface area (Å²) in [6.07, 6.45) is 0.711. The second-order valence-electron chi connectivity index (χ2n) is 2.55. The summed E-state index contributed by atoms with van der Waals surface area (Å²) in [6.45, 7) is 0. The van der Waals surface area contributed by atoms with Crippen molar-refractivity contribution in [2.24, 2.45) is 0 Å². The van der Waals surface area contributed by atoms with Gasteiger partial charge in [-0.1, -0.05) is 22.6 Å². The molecule has 4 nitrogen and oxygen atoms in total. The SMILES string of the molecule is O=CN(CI)c1ccc(C(=O)O)cc1. The number of amides is 1. The van der Waals surface area contributed by atoms with Crippen LogP contribution >= 0.6 is 22.6 Å². The van der Waals surface area contributed by atoms with Crippen molar-refractivity contribution in [1.29, 1.82) is 0 Å². The van der Waals surface area contributed by atoms with Gasteiger partial charge in [0.05, 0.1) is 10.1 Å². The lowest BCUT2D eigenvalue weighted by Gasteiger charge is -2.13. The van der Waals surface area contributed by atoms with E-state index in [1.54, 1.807) is 12.1 Å². The molecule has 0 fully saturated rings. The maximum atomic E-state index is 10.6. The van der Waals surface area contributed by atoms with Crippen LogP contribution in [0.4, 0.5) is 5.69 Å². The molecule has 0 atom stereocenters. The molecule has 0 aliphatic heterocycles. The average molecular weight is 305 g/mol. The first-order valence-corrected chi connectivity index (χ1v) is 5.33. The first kappa shape index (κ1) is 11.0. The summed E-state index contributed by atoms with van der Waals surface area (Å²) in [5.74, 6) is -0.969. The van der Waals surface area contributed by atoms with Gasteiger partial charge in [0.15, 0.2) is 0 Å². The number of carboxylic acid groups (broad SMARTS) is 1. The molecule has 1 amide bonds. The fourth-order valence-corrected chi connectivity index (χ4v) is 1.51. The lowest BCUT2D eigenvalue weighted by molar-refractivity contribution is -0.107. The van der Waals surface area contributed by atoms with Gasteiger partial charge in [-0.2, -0.15) is 0 Å². The van der Waals surface area contributed by atoms with Crippen LogP contribution < -0.4 is 4.90 Å². The third kappa shape index (κ3) is 2.44. The van der Waals surface area contributed by atoms with Gasteiger partial charge in [-0.15, -0.1) is 0 Å². The summed E-state index contributed by atoms with van der Waals surface area (Å²) in [7, 11) is 0. The summed E-state index contributed by atoms with van der Waals surface area (Å²) in [4.78, 5) is 22.6. The molecule has 1 aromatic carbocycles. The van der Waals surface area contributed by atoms with E-state index >= 15 is 0 Å². The van der Waals surface area contributed by atoms with E-state index < -0.39 is 5.97 Å². The third-order valence-electron chi connectivity index (χ3n) is 1.70. The lowest BCUT2D eigenvalue weighted by Crippen LogP contribution is -2.18. The molecule has 0 saturated heterocycles. The number of hydrogen-bond acceptors (Lipinski definition) is 2. The van der Waals surface area contributed by atoms with Crippen LogP contribution in [-0.2, 0) is 4.79 Å². The second-order valence-corrected chi connectivity index (χ2v) is 3.23. The Labute approximate surface area is 94.7 Å². The zero-order valence-corrected chi connectivity index (χ0v) is 9.34. The summed E-state index contributed by atoms with van der Waals surface area (Å²) < 4.78 is 0.535. The number of hydrogen-bond donors (Lipinski definition) is 1. The number of anilines is 1. The van der Waals surface area contributed by atoms with Gasteiger partial charge in [-0.3, -0.25) is 4.79 Å². The Hall–Kier alpha value is -1.11. The molecule has 0 spiro atoms. The van der Waals surface area contributed by atoms with E-state index in [-0.39, 0.29) is 5.56 Å². The molecule has 0 aromatic heterocycles. The number of benzene rings is 1. The van der Waals surface area contributed by atoms with Gasteiger partial charge in [-0.25, -0.2) is 4.79 Å². The fourth-order valence-electron chi connectivity index (χ4n) is 0.954. The van der Waals surface area contributed by atoms with Gasteiger partial charge >= 0.3 is 5.97 Å². The van der Waals surface area contributed by atoms with E-state index in [1.807, 2.05) is 0 Å². The highest BCUT2D eigenvalue weighted by Gasteiger charge is 2.05. The monoisotopic (exact) mass is 305 g/mol. The van der Waals surface area contributed by atoms with Crippen molar-refractivity contribution in [1.82, 2.24) is 0 Å². The smallest absolute Gasteiger partial charge is 0.335 e. The van der Waals surface area contributed by atoms with Gasteiger partial charge in [-0.05, 0) is 24.3 Å². The topological polar surface area (TPSA) is 57.6 Å². The molecule has 1 N–H and O–H groups in total. The van der Waals surface area contributed by atoms with Crippen molar-refractivity contribution in [3.05, 3.63) is 29.8 Å². The Balaban J connectivity index is 2.92. The van der Waals surface area contributed by atoms with E-state index in [0.29, 0.717) is 16.6 Å². The van der Waals surface area contributed by atoms with E-state index in [9.17, 15) is 9.59 Å². The van der Waals surface area contributed by atoms with Crippen LogP contribution in [0.15, 0.2) is 24.3 Å². The molecule has 14 heavy (non-hydrogen) atoms. The van der Waals surface area contributed by atoms with Crippen LogP contribution in [0.25, 0.3) is 0 Å². The minimum absolute atomic E-state index is 0.216. The van der Waals surface area contributed by atoms with Crippen LogP contribution in [0.5, 0.6) is 0 Å². The number of carboxylic acids is 1. The average Bonchev–Trinajstić information content (AvgIpc) is 2.20. The Morgan fingerprint density at radius 1 is 1.43 bits per heavy atom. The van der Waals surface area contributed by atoms with Crippen LogP contribution in [0, 0.1) is 0 Å². The molecule has 1 rings (SSSR count). The molecule has 0 unspecified atom stereocenters. The molecule has 1 aromatic rings. The number of halogens is 1. The zero-order chi connectivity index (χ0) is 10.6. The van der Waals surface area contributed by atoms with Gasteiger partial charge in [0.1, 0.15) is 0 Å². The zero-order valence-electron chi connectivity index (χ0n) is 7.18.